The third kappa shape index (κ3) is 5.38. The first-order valence-corrected chi connectivity index (χ1v) is 11.7. The van der Waals surface area contributed by atoms with E-state index in [0.29, 0.717) is 41.1 Å². The number of aromatic nitrogens is 2. The van der Waals surface area contributed by atoms with Crippen LogP contribution in [0.4, 0.5) is 10.5 Å². The molecule has 4 rings (SSSR count). The molecule has 2 heterocycles. The maximum absolute atomic E-state index is 12.9. The molecule has 0 atom stereocenters. The average Bonchev–Trinajstić information content (AvgIpc) is 2.87. The molecule has 7 nitrogen and oxygen atoms in total. The monoisotopic (exact) mass is 498 g/mol. The Balaban J connectivity index is 1.49. The summed E-state index contributed by atoms with van der Waals surface area (Å²) >= 11 is 12.0. The number of amides is 2. The first-order chi connectivity index (χ1) is 16.4. The summed E-state index contributed by atoms with van der Waals surface area (Å²) in [6.45, 7) is 0.545. The summed E-state index contributed by atoms with van der Waals surface area (Å²) in [5.41, 5.74) is 1.79. The van der Waals surface area contributed by atoms with E-state index in [2.05, 4.69) is 27.4 Å². The van der Waals surface area contributed by atoms with Crippen LogP contribution in [0, 0.1) is 0 Å². The van der Waals surface area contributed by atoms with Crippen LogP contribution in [0.2, 0.25) is 10.0 Å². The van der Waals surface area contributed by atoms with Gasteiger partial charge >= 0.3 is 6.03 Å². The van der Waals surface area contributed by atoms with Crippen molar-refractivity contribution in [2.45, 2.75) is 24.7 Å². The molecule has 3 aromatic rings. The lowest BCUT2D eigenvalue weighted by atomic mass is 9.70. The van der Waals surface area contributed by atoms with Crippen molar-refractivity contribution >= 4 is 40.7 Å². The molecule has 2 aromatic carbocycles. The van der Waals surface area contributed by atoms with Crippen LogP contribution in [-0.2, 0) is 11.8 Å². The molecular weight excluding hydrogens is 475 g/mol. The predicted molar refractivity (Wildman–Crippen MR) is 132 cm³/mol. The maximum atomic E-state index is 12.9. The molecule has 0 spiro atoms. The number of nitrogens with zero attached hydrogens (tertiary/aromatic N) is 3. The summed E-state index contributed by atoms with van der Waals surface area (Å²) in [5.74, 6) is 0.206. The molecule has 2 amide bonds. The molecule has 0 saturated carbocycles. The van der Waals surface area contributed by atoms with Gasteiger partial charge in [-0.25, -0.2) is 14.8 Å². The van der Waals surface area contributed by atoms with Crippen LogP contribution in [0.5, 0.6) is 0 Å². The number of carbonyl (C=O) groups excluding carboxylic acids is 2. The molecule has 1 aliphatic rings. The van der Waals surface area contributed by atoms with Crippen LogP contribution >= 0.6 is 23.2 Å². The van der Waals surface area contributed by atoms with Crippen LogP contribution in [0.15, 0.2) is 60.9 Å². The Labute approximate surface area is 207 Å². The summed E-state index contributed by atoms with van der Waals surface area (Å²) in [7, 11) is 0. The maximum Gasteiger partial charge on any atom is 0.321 e. The number of aliphatic hydroxyl groups is 1. The van der Waals surface area contributed by atoms with Gasteiger partial charge in [0.25, 0.3) is 0 Å². The highest BCUT2D eigenvalue weighted by Gasteiger charge is 2.38. The van der Waals surface area contributed by atoms with E-state index >= 15 is 0 Å². The molecule has 9 heteroatoms. The molecule has 34 heavy (non-hydrogen) atoms. The van der Waals surface area contributed by atoms with Gasteiger partial charge in [0.15, 0.2) is 5.78 Å². The fraction of sp³-hybridized carbons (Fsp3) is 0.280. The first kappa shape index (κ1) is 24.1. The highest BCUT2D eigenvalue weighted by Crippen LogP contribution is 2.38. The number of hydrogen-bond acceptors (Lipinski definition) is 5. The summed E-state index contributed by atoms with van der Waals surface area (Å²) in [5, 5.41) is 12.7. The van der Waals surface area contributed by atoms with E-state index in [4.69, 9.17) is 28.3 Å². The molecule has 0 radical (unpaired) electrons. The van der Waals surface area contributed by atoms with Crippen molar-refractivity contribution in [3.63, 3.8) is 0 Å². The first-order valence-electron chi connectivity index (χ1n) is 10.9. The summed E-state index contributed by atoms with van der Waals surface area (Å²) in [4.78, 5) is 35.1. The minimum atomic E-state index is -0.573. The zero-order valence-corrected chi connectivity index (χ0v) is 19.9. The van der Waals surface area contributed by atoms with Crippen molar-refractivity contribution in [2.75, 3.05) is 25.0 Å². The van der Waals surface area contributed by atoms with Gasteiger partial charge in [-0.3, -0.25) is 4.79 Å². The Hall–Kier alpha value is -3.00. The minimum Gasteiger partial charge on any atom is -0.388 e. The zero-order valence-electron chi connectivity index (χ0n) is 18.4. The third-order valence-corrected chi connectivity index (χ3v) is 6.97. The number of Topliss-reactive ketones (excluding diaryl/α,β-unsaturated/α-hetero) is 1. The normalized spacial score (nSPS) is 15.1. The Morgan fingerprint density at radius 2 is 1.68 bits per heavy atom. The number of halogens is 2. The van der Waals surface area contributed by atoms with Gasteiger partial charge in [0, 0.05) is 43.0 Å². The van der Waals surface area contributed by atoms with Crippen LogP contribution < -0.4 is 5.32 Å². The van der Waals surface area contributed by atoms with Crippen molar-refractivity contribution in [2.24, 2.45) is 0 Å². The van der Waals surface area contributed by atoms with E-state index in [1.54, 1.807) is 23.1 Å². The second-order valence-electron chi connectivity index (χ2n) is 8.34. The zero-order chi connectivity index (χ0) is 24.1. The van der Waals surface area contributed by atoms with Crippen LogP contribution in [-0.4, -0.2) is 51.5 Å². The quantitative estimate of drug-likeness (QED) is 0.477. The Morgan fingerprint density at radius 3 is 2.29 bits per heavy atom. The highest BCUT2D eigenvalue weighted by molar-refractivity contribution is 6.42. The number of anilines is 1. The summed E-state index contributed by atoms with van der Waals surface area (Å²) in [6.07, 6.45) is 4.95. The Kier molecular flexibility index (Phi) is 7.46. The lowest BCUT2D eigenvalue weighted by Crippen LogP contribution is -2.47. The van der Waals surface area contributed by atoms with Gasteiger partial charge in [-0.2, -0.15) is 0 Å². The summed E-state index contributed by atoms with van der Waals surface area (Å²) in [6, 6.07) is 15.0. The Morgan fingerprint density at radius 1 is 1.00 bits per heavy atom. The predicted octanol–water partition coefficient (Wildman–Crippen LogP) is 4.77. The van der Waals surface area contributed by atoms with Crippen molar-refractivity contribution in [1.29, 1.82) is 0 Å². The smallest absolute Gasteiger partial charge is 0.321 e. The molecular formula is C25H24Cl2N4O3. The van der Waals surface area contributed by atoms with Gasteiger partial charge in [-0.05, 0) is 36.6 Å². The van der Waals surface area contributed by atoms with E-state index in [9.17, 15) is 9.59 Å². The van der Waals surface area contributed by atoms with Crippen molar-refractivity contribution < 1.29 is 14.7 Å². The fourth-order valence-electron chi connectivity index (χ4n) is 4.26. The minimum absolute atomic E-state index is 0.192. The van der Waals surface area contributed by atoms with Gasteiger partial charge in [0.05, 0.1) is 15.6 Å². The topological polar surface area (TPSA) is 95.4 Å². The number of urea groups is 1. The van der Waals surface area contributed by atoms with Gasteiger partial charge in [0.1, 0.15) is 12.4 Å². The number of piperidine rings is 1. The SMILES string of the molecule is O=C(CO)c1cnc(CC2(c3ccccc3)CCN(C(=O)Nc3ccc(Cl)c(Cl)c3)CC2)nc1. The molecule has 1 fully saturated rings. The molecule has 1 aromatic heterocycles. The number of likely N-dealkylation sites (tertiary alicyclic amines) is 1. The molecule has 1 aliphatic heterocycles. The van der Waals surface area contributed by atoms with Crippen molar-refractivity contribution in [3.8, 4) is 0 Å². The largest absolute Gasteiger partial charge is 0.388 e. The molecule has 1 saturated heterocycles. The number of rotatable bonds is 6. The van der Waals surface area contributed by atoms with Crippen molar-refractivity contribution in [3.05, 3.63) is 87.9 Å². The number of carbonyl (C=O) groups is 2. The number of nitrogens with one attached hydrogen (secondary N) is 1. The van der Waals surface area contributed by atoms with Crippen LogP contribution in [0.1, 0.15) is 34.6 Å². The van der Waals surface area contributed by atoms with Gasteiger partial charge in [-0.1, -0.05) is 53.5 Å². The highest BCUT2D eigenvalue weighted by atomic mass is 35.5. The molecule has 0 aliphatic carbocycles. The van der Waals surface area contributed by atoms with Crippen LogP contribution in [0.25, 0.3) is 0 Å². The van der Waals surface area contributed by atoms with E-state index in [1.165, 1.54) is 18.0 Å². The number of benzene rings is 2. The lowest BCUT2D eigenvalue weighted by Gasteiger charge is -2.42. The van der Waals surface area contributed by atoms with Gasteiger partial charge < -0.3 is 15.3 Å². The van der Waals surface area contributed by atoms with Crippen molar-refractivity contribution in [1.82, 2.24) is 14.9 Å². The van der Waals surface area contributed by atoms with E-state index in [-0.39, 0.29) is 17.0 Å². The van der Waals surface area contributed by atoms with Gasteiger partial charge in [0.2, 0.25) is 0 Å². The number of hydrogen-bond donors (Lipinski definition) is 2. The second kappa shape index (κ2) is 10.5. The van der Waals surface area contributed by atoms with Gasteiger partial charge in [-0.15, -0.1) is 0 Å². The Bertz CT molecular complexity index is 1160. The molecule has 0 bridgehead atoms. The molecule has 0 unspecified atom stereocenters. The fourth-order valence-corrected chi connectivity index (χ4v) is 4.56. The standard InChI is InChI=1S/C25H24Cl2N4O3/c26-20-7-6-19(12-21(20)27)30-24(34)31-10-8-25(9-11-31,18-4-2-1-3-5-18)13-23-28-14-17(15-29-23)22(33)16-32/h1-7,12,14-15,32H,8-11,13,16H2,(H,30,34). The van der Waals surface area contributed by atoms with E-state index in [1.807, 2.05) is 18.2 Å². The third-order valence-electron chi connectivity index (χ3n) is 6.23. The van der Waals surface area contributed by atoms with E-state index < -0.39 is 12.4 Å². The molecule has 2 N–H and O–H groups in total. The lowest BCUT2D eigenvalue weighted by molar-refractivity contribution is 0.0903. The summed E-state index contributed by atoms with van der Waals surface area (Å²) < 4.78 is 0. The van der Waals surface area contributed by atoms with E-state index in [0.717, 1.165) is 12.8 Å². The number of aliphatic hydroxyl groups excluding tert-OH is 1. The average molecular weight is 499 g/mol. The second-order valence-corrected chi connectivity index (χ2v) is 9.15. The molecule has 176 valence electrons. The van der Waals surface area contributed by atoms with Crippen LogP contribution in [0.3, 0.4) is 0 Å². The number of ketones is 1.